The number of ether oxygens (including phenoxy) is 1. The third kappa shape index (κ3) is 5.64. The fourth-order valence-corrected chi connectivity index (χ4v) is 1.22. The van der Waals surface area contributed by atoms with E-state index in [0.717, 1.165) is 12.8 Å². The van der Waals surface area contributed by atoms with Crippen molar-refractivity contribution >= 4 is 5.91 Å². The third-order valence-corrected chi connectivity index (χ3v) is 1.88. The average Bonchev–Trinajstić information content (AvgIpc) is 2.12. The number of carbonyl (C=O) groups is 1. The lowest BCUT2D eigenvalue weighted by atomic mass is 10.0. The van der Waals surface area contributed by atoms with E-state index in [1.807, 2.05) is 13.8 Å². The van der Waals surface area contributed by atoms with Crippen molar-refractivity contribution in [1.29, 1.82) is 0 Å². The molecule has 0 aromatic carbocycles. The summed E-state index contributed by atoms with van der Waals surface area (Å²) in [5.41, 5.74) is 0. The van der Waals surface area contributed by atoms with Crippen LogP contribution in [0.15, 0.2) is 0 Å². The number of hydrogen-bond donors (Lipinski definition) is 1. The van der Waals surface area contributed by atoms with Gasteiger partial charge in [0, 0.05) is 13.2 Å². The Balaban J connectivity index is 3.83. The van der Waals surface area contributed by atoms with Crippen molar-refractivity contribution in [3.8, 4) is 0 Å². The van der Waals surface area contributed by atoms with Gasteiger partial charge in [0.05, 0.1) is 12.5 Å². The molecule has 0 rings (SSSR count). The molecule has 0 aliphatic rings. The van der Waals surface area contributed by atoms with E-state index < -0.39 is 0 Å². The molecule has 13 heavy (non-hydrogen) atoms. The first-order valence-electron chi connectivity index (χ1n) is 5.11. The zero-order valence-corrected chi connectivity index (χ0v) is 8.93. The summed E-state index contributed by atoms with van der Waals surface area (Å²) in [5, 5.41) is 2.82. The number of amides is 1. The zero-order valence-electron chi connectivity index (χ0n) is 8.93. The van der Waals surface area contributed by atoms with Crippen LogP contribution in [-0.2, 0) is 9.53 Å². The van der Waals surface area contributed by atoms with E-state index in [1.165, 1.54) is 0 Å². The van der Waals surface area contributed by atoms with Gasteiger partial charge in [0.2, 0.25) is 5.91 Å². The van der Waals surface area contributed by atoms with Gasteiger partial charge in [0.1, 0.15) is 0 Å². The van der Waals surface area contributed by atoms with Crippen LogP contribution in [0.1, 0.15) is 33.6 Å². The molecule has 0 radical (unpaired) electrons. The molecule has 3 heteroatoms. The monoisotopic (exact) mass is 187 g/mol. The molecule has 0 spiro atoms. The lowest BCUT2D eigenvalue weighted by molar-refractivity contribution is -0.127. The summed E-state index contributed by atoms with van der Waals surface area (Å²) in [4.78, 5) is 11.4. The molecule has 1 unspecified atom stereocenters. The minimum atomic E-state index is 0.0323. The molecule has 0 aliphatic heterocycles. The highest BCUT2D eigenvalue weighted by Gasteiger charge is 2.16. The third-order valence-electron chi connectivity index (χ3n) is 1.88. The van der Waals surface area contributed by atoms with Crippen LogP contribution in [0.5, 0.6) is 0 Å². The van der Waals surface area contributed by atoms with Crippen LogP contribution < -0.4 is 5.32 Å². The van der Waals surface area contributed by atoms with Crippen LogP contribution in [0.4, 0.5) is 0 Å². The van der Waals surface area contributed by atoms with Crippen LogP contribution in [0.2, 0.25) is 0 Å². The molecule has 78 valence electrons. The van der Waals surface area contributed by atoms with Crippen LogP contribution >= 0.6 is 0 Å². The van der Waals surface area contributed by atoms with Gasteiger partial charge in [-0.05, 0) is 20.3 Å². The highest BCUT2D eigenvalue weighted by Crippen LogP contribution is 2.06. The van der Waals surface area contributed by atoms with Crippen LogP contribution in [0.3, 0.4) is 0 Å². The Morgan fingerprint density at radius 3 is 2.54 bits per heavy atom. The SMILES string of the molecule is CCCC(COCC)C(=O)NCC. The fourth-order valence-electron chi connectivity index (χ4n) is 1.22. The molecule has 3 nitrogen and oxygen atoms in total. The maximum Gasteiger partial charge on any atom is 0.225 e. The summed E-state index contributed by atoms with van der Waals surface area (Å²) in [6.45, 7) is 7.89. The van der Waals surface area contributed by atoms with Gasteiger partial charge in [-0.2, -0.15) is 0 Å². The first-order chi connectivity index (χ1) is 6.26. The average molecular weight is 187 g/mol. The van der Waals surface area contributed by atoms with Gasteiger partial charge >= 0.3 is 0 Å². The standard InChI is InChI=1S/C10H21NO2/c1-4-7-9(8-13-6-3)10(12)11-5-2/h9H,4-8H2,1-3H3,(H,11,12). The minimum absolute atomic E-state index is 0.0323. The van der Waals surface area contributed by atoms with Crippen LogP contribution in [0.25, 0.3) is 0 Å². The van der Waals surface area contributed by atoms with E-state index in [9.17, 15) is 4.79 Å². The van der Waals surface area contributed by atoms with E-state index >= 15 is 0 Å². The molecule has 0 fully saturated rings. The smallest absolute Gasteiger partial charge is 0.225 e. The van der Waals surface area contributed by atoms with E-state index in [2.05, 4.69) is 12.2 Å². The van der Waals surface area contributed by atoms with E-state index in [1.54, 1.807) is 0 Å². The molecule has 0 heterocycles. The number of hydrogen-bond acceptors (Lipinski definition) is 2. The van der Waals surface area contributed by atoms with Gasteiger partial charge in [0.25, 0.3) is 0 Å². The lowest BCUT2D eigenvalue weighted by Gasteiger charge is -2.14. The Labute approximate surface area is 80.8 Å². The first-order valence-corrected chi connectivity index (χ1v) is 5.11. The second-order valence-corrected chi connectivity index (χ2v) is 3.04. The Hall–Kier alpha value is -0.570. The molecule has 1 atom stereocenters. The Bertz CT molecular complexity index is 137. The minimum Gasteiger partial charge on any atom is -0.381 e. The second kappa shape index (κ2) is 8.05. The maximum atomic E-state index is 11.4. The summed E-state index contributed by atoms with van der Waals surface area (Å²) in [7, 11) is 0. The molecule has 0 aliphatic carbocycles. The van der Waals surface area contributed by atoms with Crippen molar-refractivity contribution < 1.29 is 9.53 Å². The van der Waals surface area contributed by atoms with Gasteiger partial charge in [-0.25, -0.2) is 0 Å². The van der Waals surface area contributed by atoms with Crippen molar-refractivity contribution in [2.45, 2.75) is 33.6 Å². The van der Waals surface area contributed by atoms with E-state index in [4.69, 9.17) is 4.74 Å². The van der Waals surface area contributed by atoms with E-state index in [-0.39, 0.29) is 11.8 Å². The molecule has 0 aromatic rings. The Kier molecular flexibility index (Phi) is 7.69. The van der Waals surface area contributed by atoms with Gasteiger partial charge < -0.3 is 10.1 Å². The van der Waals surface area contributed by atoms with Crippen molar-refractivity contribution in [2.75, 3.05) is 19.8 Å². The molecule has 0 saturated carbocycles. The van der Waals surface area contributed by atoms with Crippen molar-refractivity contribution in [3.63, 3.8) is 0 Å². The van der Waals surface area contributed by atoms with Gasteiger partial charge in [0.15, 0.2) is 0 Å². The quantitative estimate of drug-likeness (QED) is 0.657. The Morgan fingerprint density at radius 1 is 1.38 bits per heavy atom. The molecule has 0 aromatic heterocycles. The zero-order chi connectivity index (χ0) is 10.1. The topological polar surface area (TPSA) is 38.3 Å². The molecular formula is C10H21NO2. The predicted molar refractivity (Wildman–Crippen MR) is 53.6 cm³/mol. The summed E-state index contributed by atoms with van der Waals surface area (Å²) in [6, 6.07) is 0. The number of nitrogens with one attached hydrogen (secondary N) is 1. The summed E-state index contributed by atoms with van der Waals surface area (Å²) in [6.07, 6.45) is 1.93. The molecular weight excluding hydrogens is 166 g/mol. The van der Waals surface area contributed by atoms with E-state index in [0.29, 0.717) is 19.8 Å². The fraction of sp³-hybridized carbons (Fsp3) is 0.900. The van der Waals surface area contributed by atoms with Crippen LogP contribution in [-0.4, -0.2) is 25.7 Å². The molecule has 1 N–H and O–H groups in total. The maximum absolute atomic E-state index is 11.4. The number of rotatable bonds is 7. The van der Waals surface area contributed by atoms with Crippen molar-refractivity contribution in [1.82, 2.24) is 5.32 Å². The Morgan fingerprint density at radius 2 is 2.08 bits per heavy atom. The van der Waals surface area contributed by atoms with Gasteiger partial charge in [-0.1, -0.05) is 13.3 Å². The summed E-state index contributed by atoms with van der Waals surface area (Å²) >= 11 is 0. The summed E-state index contributed by atoms with van der Waals surface area (Å²) in [5.74, 6) is 0.155. The molecule has 1 amide bonds. The van der Waals surface area contributed by atoms with Gasteiger partial charge in [-0.3, -0.25) is 4.79 Å². The summed E-state index contributed by atoms with van der Waals surface area (Å²) < 4.78 is 5.25. The highest BCUT2D eigenvalue weighted by molar-refractivity contribution is 5.78. The first kappa shape index (κ1) is 12.4. The normalized spacial score (nSPS) is 12.5. The predicted octanol–water partition coefficient (Wildman–Crippen LogP) is 1.58. The van der Waals surface area contributed by atoms with Crippen LogP contribution in [0, 0.1) is 5.92 Å². The lowest BCUT2D eigenvalue weighted by Crippen LogP contribution is -2.33. The second-order valence-electron chi connectivity index (χ2n) is 3.04. The van der Waals surface area contributed by atoms with Gasteiger partial charge in [-0.15, -0.1) is 0 Å². The van der Waals surface area contributed by atoms with Crippen molar-refractivity contribution in [3.05, 3.63) is 0 Å². The molecule has 0 saturated heterocycles. The highest BCUT2D eigenvalue weighted by atomic mass is 16.5. The molecule has 0 bridgehead atoms. The largest absolute Gasteiger partial charge is 0.381 e. The van der Waals surface area contributed by atoms with Crippen molar-refractivity contribution in [2.24, 2.45) is 5.92 Å². The number of carbonyl (C=O) groups excluding carboxylic acids is 1.